The molecule has 0 spiro atoms. The van der Waals surface area contributed by atoms with Crippen LogP contribution >= 0.6 is 0 Å². The molecular formula is C20H22N6O. The fraction of sp³-hybridized carbons (Fsp3) is 0.350. The molecule has 1 saturated heterocycles. The lowest BCUT2D eigenvalue weighted by atomic mass is 10.0. The zero-order valence-corrected chi connectivity index (χ0v) is 15.0. The van der Waals surface area contributed by atoms with Crippen LogP contribution in [0.1, 0.15) is 12.8 Å². The SMILES string of the molecule is Oc1cc(-c2cn[nH]c2)ccc1-c1ccc(N2CCN[C@@H](C3CC3)C2)nn1. The van der Waals surface area contributed by atoms with E-state index in [4.69, 9.17) is 0 Å². The van der Waals surface area contributed by atoms with Gasteiger partial charge in [0.05, 0.1) is 11.9 Å². The van der Waals surface area contributed by atoms with Gasteiger partial charge in [0.15, 0.2) is 5.82 Å². The zero-order chi connectivity index (χ0) is 18.2. The predicted octanol–water partition coefficient (Wildman–Crippen LogP) is 2.43. The quantitative estimate of drug-likeness (QED) is 0.660. The van der Waals surface area contributed by atoms with Gasteiger partial charge in [0.1, 0.15) is 5.75 Å². The lowest BCUT2D eigenvalue weighted by Gasteiger charge is -2.34. The van der Waals surface area contributed by atoms with Crippen LogP contribution < -0.4 is 10.2 Å². The molecule has 3 heterocycles. The molecule has 1 atom stereocenters. The van der Waals surface area contributed by atoms with Crippen molar-refractivity contribution >= 4 is 5.82 Å². The second kappa shape index (κ2) is 6.66. The van der Waals surface area contributed by atoms with Crippen LogP contribution in [0.2, 0.25) is 0 Å². The van der Waals surface area contributed by atoms with E-state index < -0.39 is 0 Å². The standard InChI is InChI=1S/C20H22N6O/c27-19-9-14(15-10-22-23-11-15)3-4-16(19)17-5-6-20(25-24-17)26-8-7-21-18(12-26)13-1-2-13/h3-6,9-11,13,18,21,27H,1-2,7-8,12H2,(H,22,23)/t18-/m1/s1. The number of hydrogen-bond acceptors (Lipinski definition) is 6. The van der Waals surface area contributed by atoms with Crippen LogP contribution in [0.3, 0.4) is 0 Å². The van der Waals surface area contributed by atoms with Gasteiger partial charge >= 0.3 is 0 Å². The van der Waals surface area contributed by atoms with Crippen molar-refractivity contribution in [2.75, 3.05) is 24.5 Å². The van der Waals surface area contributed by atoms with Gasteiger partial charge in [0.25, 0.3) is 0 Å². The van der Waals surface area contributed by atoms with Crippen molar-refractivity contribution in [2.45, 2.75) is 18.9 Å². The second-order valence-corrected chi connectivity index (χ2v) is 7.34. The molecule has 1 aliphatic carbocycles. The van der Waals surface area contributed by atoms with Crippen molar-refractivity contribution in [3.05, 3.63) is 42.7 Å². The van der Waals surface area contributed by atoms with E-state index in [1.165, 1.54) is 12.8 Å². The van der Waals surface area contributed by atoms with Gasteiger partial charge in [-0.2, -0.15) is 5.10 Å². The van der Waals surface area contributed by atoms with Gasteiger partial charge in [-0.25, -0.2) is 0 Å². The van der Waals surface area contributed by atoms with Gasteiger partial charge in [-0.3, -0.25) is 5.10 Å². The first-order valence-electron chi connectivity index (χ1n) is 9.42. The molecule has 1 aromatic carbocycles. The maximum atomic E-state index is 10.4. The minimum atomic E-state index is 0.187. The lowest BCUT2D eigenvalue weighted by Crippen LogP contribution is -2.52. The summed E-state index contributed by atoms with van der Waals surface area (Å²) in [5.74, 6) is 1.91. The topological polar surface area (TPSA) is 90.0 Å². The van der Waals surface area contributed by atoms with Crippen LogP contribution in [0.15, 0.2) is 42.7 Å². The highest BCUT2D eigenvalue weighted by atomic mass is 16.3. The van der Waals surface area contributed by atoms with Crippen molar-refractivity contribution in [2.24, 2.45) is 5.92 Å². The van der Waals surface area contributed by atoms with Crippen LogP contribution in [0, 0.1) is 5.92 Å². The summed E-state index contributed by atoms with van der Waals surface area (Å²) in [6.07, 6.45) is 6.20. The first-order valence-corrected chi connectivity index (χ1v) is 9.42. The smallest absolute Gasteiger partial charge is 0.151 e. The number of hydrogen-bond donors (Lipinski definition) is 3. The number of aromatic amines is 1. The molecule has 1 saturated carbocycles. The Hall–Kier alpha value is -2.93. The molecule has 1 aliphatic heterocycles. The van der Waals surface area contributed by atoms with Crippen LogP contribution in [0.5, 0.6) is 5.75 Å². The van der Waals surface area contributed by atoms with Gasteiger partial charge < -0.3 is 15.3 Å². The first-order chi connectivity index (χ1) is 13.3. The molecule has 0 amide bonds. The van der Waals surface area contributed by atoms with E-state index in [0.29, 0.717) is 17.3 Å². The minimum Gasteiger partial charge on any atom is -0.507 e. The van der Waals surface area contributed by atoms with Gasteiger partial charge in [0, 0.05) is 43.0 Å². The number of H-pyrrole nitrogens is 1. The van der Waals surface area contributed by atoms with Crippen molar-refractivity contribution in [3.8, 4) is 28.1 Å². The summed E-state index contributed by atoms with van der Waals surface area (Å²) in [5, 5.41) is 29.6. The normalized spacial score (nSPS) is 20.0. The highest BCUT2D eigenvalue weighted by molar-refractivity contribution is 5.73. The molecule has 0 unspecified atom stereocenters. The summed E-state index contributed by atoms with van der Waals surface area (Å²) in [6.45, 7) is 2.92. The van der Waals surface area contributed by atoms with Crippen LogP contribution in [0.4, 0.5) is 5.82 Å². The van der Waals surface area contributed by atoms with E-state index in [2.05, 4.69) is 30.6 Å². The van der Waals surface area contributed by atoms with Gasteiger partial charge in [-0.1, -0.05) is 6.07 Å². The Balaban J connectivity index is 1.35. The van der Waals surface area contributed by atoms with Gasteiger partial charge in [0.2, 0.25) is 0 Å². The number of anilines is 1. The molecule has 27 heavy (non-hydrogen) atoms. The number of piperazine rings is 1. The third kappa shape index (κ3) is 3.26. The maximum absolute atomic E-state index is 10.4. The first kappa shape index (κ1) is 16.3. The van der Waals surface area contributed by atoms with E-state index >= 15 is 0 Å². The van der Waals surface area contributed by atoms with Crippen molar-refractivity contribution in [3.63, 3.8) is 0 Å². The molecule has 3 N–H and O–H groups in total. The Bertz CT molecular complexity index is 920. The van der Waals surface area contributed by atoms with Gasteiger partial charge in [-0.15, -0.1) is 10.2 Å². The number of rotatable bonds is 4. The van der Waals surface area contributed by atoms with E-state index in [-0.39, 0.29) is 5.75 Å². The molecule has 2 aliphatic rings. The van der Waals surface area contributed by atoms with Crippen LogP contribution in [-0.4, -0.2) is 51.2 Å². The number of phenols is 1. The Morgan fingerprint density at radius 3 is 2.70 bits per heavy atom. The summed E-state index contributed by atoms with van der Waals surface area (Å²) in [5.41, 5.74) is 3.19. The summed E-state index contributed by atoms with van der Waals surface area (Å²) in [4.78, 5) is 2.30. The Morgan fingerprint density at radius 1 is 1.07 bits per heavy atom. The third-order valence-corrected chi connectivity index (χ3v) is 5.48. The number of nitrogens with one attached hydrogen (secondary N) is 2. The molecule has 2 aromatic heterocycles. The Kier molecular flexibility index (Phi) is 4.01. The second-order valence-electron chi connectivity index (χ2n) is 7.34. The molecule has 0 bridgehead atoms. The molecule has 138 valence electrons. The van der Waals surface area contributed by atoms with E-state index in [1.54, 1.807) is 18.5 Å². The average Bonchev–Trinajstić information content (AvgIpc) is 3.42. The zero-order valence-electron chi connectivity index (χ0n) is 15.0. The summed E-state index contributed by atoms with van der Waals surface area (Å²) < 4.78 is 0. The van der Waals surface area contributed by atoms with E-state index in [0.717, 1.165) is 42.5 Å². The van der Waals surface area contributed by atoms with E-state index in [9.17, 15) is 5.11 Å². The maximum Gasteiger partial charge on any atom is 0.151 e. The van der Waals surface area contributed by atoms with Crippen LogP contribution in [0.25, 0.3) is 22.4 Å². The van der Waals surface area contributed by atoms with Crippen molar-refractivity contribution in [1.82, 2.24) is 25.7 Å². The highest BCUT2D eigenvalue weighted by Gasteiger charge is 2.34. The number of nitrogens with zero attached hydrogens (tertiary/aromatic N) is 4. The molecule has 3 aromatic rings. The Morgan fingerprint density at radius 2 is 2.00 bits per heavy atom. The van der Waals surface area contributed by atoms with Gasteiger partial charge in [-0.05, 0) is 48.6 Å². The van der Waals surface area contributed by atoms with Crippen LogP contribution in [-0.2, 0) is 0 Å². The van der Waals surface area contributed by atoms with Crippen molar-refractivity contribution < 1.29 is 5.11 Å². The monoisotopic (exact) mass is 362 g/mol. The number of aromatic hydroxyl groups is 1. The summed E-state index contributed by atoms with van der Waals surface area (Å²) in [6, 6.07) is 10.1. The van der Waals surface area contributed by atoms with Crippen molar-refractivity contribution in [1.29, 1.82) is 0 Å². The lowest BCUT2D eigenvalue weighted by molar-refractivity contribution is 0.416. The molecule has 7 heteroatoms. The minimum absolute atomic E-state index is 0.187. The molecular weight excluding hydrogens is 340 g/mol. The molecule has 2 fully saturated rings. The summed E-state index contributed by atoms with van der Waals surface area (Å²) in [7, 11) is 0. The predicted molar refractivity (Wildman–Crippen MR) is 103 cm³/mol. The average molecular weight is 362 g/mol. The molecule has 7 nitrogen and oxygen atoms in total. The molecule has 5 rings (SSSR count). The van der Waals surface area contributed by atoms with E-state index in [1.807, 2.05) is 24.3 Å². The highest BCUT2D eigenvalue weighted by Crippen LogP contribution is 2.35. The molecule has 0 radical (unpaired) electrons. The number of aromatic nitrogens is 4. The third-order valence-electron chi connectivity index (χ3n) is 5.48. The summed E-state index contributed by atoms with van der Waals surface area (Å²) >= 11 is 0. The number of phenolic OH excluding ortho intramolecular Hbond substituents is 1. The fourth-order valence-electron chi connectivity index (χ4n) is 3.77. The Labute approximate surface area is 157 Å². The number of benzene rings is 1. The largest absolute Gasteiger partial charge is 0.507 e. The fourth-order valence-corrected chi connectivity index (χ4v) is 3.77.